The van der Waals surface area contributed by atoms with Gasteiger partial charge in [-0.15, -0.1) is 0 Å². The normalized spacial score (nSPS) is 17.5. The van der Waals surface area contributed by atoms with Gasteiger partial charge < -0.3 is 4.90 Å². The summed E-state index contributed by atoms with van der Waals surface area (Å²) in [4.78, 5) is 6.66. The molecule has 0 aromatic carbocycles. The first-order valence-electron chi connectivity index (χ1n) is 8.37. The van der Waals surface area contributed by atoms with Gasteiger partial charge in [0.1, 0.15) is 17.0 Å². The first-order valence-corrected chi connectivity index (χ1v) is 8.75. The van der Waals surface area contributed by atoms with E-state index in [1.807, 2.05) is 17.7 Å². The molecule has 24 heavy (non-hydrogen) atoms. The molecule has 0 N–H and O–H groups in total. The van der Waals surface area contributed by atoms with Crippen LogP contribution in [0.2, 0.25) is 5.15 Å². The Morgan fingerprint density at radius 1 is 1.46 bits per heavy atom. The predicted octanol–water partition coefficient (Wildman–Crippen LogP) is 4.11. The maximum atomic E-state index is 9.39. The highest BCUT2D eigenvalue weighted by Crippen LogP contribution is 2.40. The van der Waals surface area contributed by atoms with Gasteiger partial charge in [-0.25, -0.2) is 4.98 Å². The van der Waals surface area contributed by atoms with Gasteiger partial charge in [-0.1, -0.05) is 25.4 Å². The fourth-order valence-corrected chi connectivity index (χ4v) is 3.82. The van der Waals surface area contributed by atoms with Crippen LogP contribution in [-0.4, -0.2) is 21.3 Å². The van der Waals surface area contributed by atoms with Crippen molar-refractivity contribution in [3.63, 3.8) is 0 Å². The highest BCUT2D eigenvalue weighted by atomic mass is 35.5. The van der Waals surface area contributed by atoms with E-state index in [9.17, 15) is 5.26 Å². The molecule has 0 aliphatic carbocycles. The van der Waals surface area contributed by atoms with Crippen molar-refractivity contribution < 1.29 is 0 Å². The molecule has 1 unspecified atom stereocenters. The molecule has 0 saturated carbocycles. The second-order valence-electron chi connectivity index (χ2n) is 6.70. The molecule has 1 saturated heterocycles. The number of aromatic nitrogens is 3. The second kappa shape index (κ2) is 6.82. The Hall–Kier alpha value is -2.06. The number of hydrogen-bond acceptors (Lipinski definition) is 4. The first-order chi connectivity index (χ1) is 11.5. The lowest BCUT2D eigenvalue weighted by Gasteiger charge is -2.26. The summed E-state index contributed by atoms with van der Waals surface area (Å²) in [7, 11) is 0. The van der Waals surface area contributed by atoms with E-state index in [0.29, 0.717) is 16.6 Å². The van der Waals surface area contributed by atoms with Crippen molar-refractivity contribution in [3.05, 3.63) is 40.3 Å². The van der Waals surface area contributed by atoms with E-state index in [1.165, 1.54) is 0 Å². The minimum absolute atomic E-state index is 0.125. The molecule has 1 atom stereocenters. The molecule has 1 aliphatic heterocycles. The number of pyridine rings is 1. The molecule has 3 heterocycles. The number of rotatable bonds is 4. The van der Waals surface area contributed by atoms with E-state index in [1.54, 1.807) is 12.3 Å². The van der Waals surface area contributed by atoms with Crippen molar-refractivity contribution in [2.75, 3.05) is 11.4 Å². The number of halogens is 1. The number of nitriles is 1. The van der Waals surface area contributed by atoms with Gasteiger partial charge in [0.15, 0.2) is 0 Å². The summed E-state index contributed by atoms with van der Waals surface area (Å²) in [5.41, 5.74) is 2.64. The Morgan fingerprint density at radius 2 is 2.25 bits per heavy atom. The van der Waals surface area contributed by atoms with Gasteiger partial charge in [0.25, 0.3) is 0 Å². The Bertz CT molecular complexity index is 774. The number of hydrogen-bond donors (Lipinski definition) is 0. The lowest BCUT2D eigenvalue weighted by Crippen LogP contribution is -2.25. The summed E-state index contributed by atoms with van der Waals surface area (Å²) in [6, 6.07) is 5.98. The monoisotopic (exact) mass is 343 g/mol. The zero-order valence-corrected chi connectivity index (χ0v) is 15.1. The van der Waals surface area contributed by atoms with Gasteiger partial charge in [-0.2, -0.15) is 10.4 Å². The Morgan fingerprint density at radius 3 is 2.96 bits per heavy atom. The van der Waals surface area contributed by atoms with Crippen molar-refractivity contribution in [1.29, 1.82) is 5.26 Å². The number of anilines is 1. The van der Waals surface area contributed by atoms with Crippen molar-refractivity contribution in [2.45, 2.75) is 46.2 Å². The molecule has 6 heteroatoms. The van der Waals surface area contributed by atoms with Crippen LogP contribution in [0.5, 0.6) is 0 Å². The van der Waals surface area contributed by atoms with Crippen LogP contribution < -0.4 is 4.90 Å². The summed E-state index contributed by atoms with van der Waals surface area (Å²) in [5.74, 6) is 1.23. The maximum absolute atomic E-state index is 9.39. The van der Waals surface area contributed by atoms with Crippen LogP contribution >= 0.6 is 11.6 Å². The molecule has 1 fully saturated rings. The molecule has 0 radical (unpaired) electrons. The van der Waals surface area contributed by atoms with Crippen LogP contribution in [-0.2, 0) is 6.54 Å². The largest absolute Gasteiger partial charge is 0.348 e. The van der Waals surface area contributed by atoms with E-state index < -0.39 is 0 Å². The van der Waals surface area contributed by atoms with Crippen molar-refractivity contribution in [2.24, 2.45) is 5.92 Å². The second-order valence-corrected chi connectivity index (χ2v) is 7.06. The number of nitrogens with zero attached hydrogens (tertiary/aromatic N) is 5. The average Bonchev–Trinajstić information content (AvgIpc) is 3.12. The zero-order chi connectivity index (χ0) is 17.3. The van der Waals surface area contributed by atoms with E-state index in [0.717, 1.165) is 43.0 Å². The summed E-state index contributed by atoms with van der Waals surface area (Å²) in [6.07, 6.45) is 3.79. The molecule has 0 amide bonds. The van der Waals surface area contributed by atoms with Gasteiger partial charge >= 0.3 is 0 Å². The molecule has 0 bridgehead atoms. The van der Waals surface area contributed by atoms with E-state index >= 15 is 0 Å². The Kier molecular flexibility index (Phi) is 4.77. The third-order valence-electron chi connectivity index (χ3n) is 4.41. The molecule has 2 aromatic rings. The van der Waals surface area contributed by atoms with Crippen molar-refractivity contribution >= 4 is 17.4 Å². The van der Waals surface area contributed by atoms with Crippen molar-refractivity contribution in [1.82, 2.24) is 14.8 Å². The average molecular weight is 344 g/mol. The van der Waals surface area contributed by atoms with Gasteiger partial charge in [0, 0.05) is 24.8 Å². The quantitative estimate of drug-likeness (QED) is 0.838. The Labute approximate surface area is 147 Å². The topological polar surface area (TPSA) is 57.7 Å². The number of aryl methyl sites for hydroxylation is 1. The van der Waals surface area contributed by atoms with E-state index in [2.05, 4.69) is 34.9 Å². The third kappa shape index (κ3) is 2.99. The minimum Gasteiger partial charge on any atom is -0.348 e. The SMILES string of the molecule is Cc1nn(CC(C)C)c(Cl)c1C1CCCN1c1ncccc1C#N. The van der Waals surface area contributed by atoms with E-state index in [-0.39, 0.29) is 6.04 Å². The van der Waals surface area contributed by atoms with Crippen LogP contribution in [0.15, 0.2) is 18.3 Å². The van der Waals surface area contributed by atoms with Gasteiger partial charge in [-0.3, -0.25) is 4.68 Å². The van der Waals surface area contributed by atoms with Gasteiger partial charge in [0.05, 0.1) is 17.3 Å². The Balaban J connectivity index is 2.00. The zero-order valence-electron chi connectivity index (χ0n) is 14.3. The molecule has 3 rings (SSSR count). The standard InChI is InChI=1S/C18H22ClN5/c1-12(2)11-24-17(19)16(13(3)22-24)15-7-5-9-23(15)18-14(10-20)6-4-8-21-18/h4,6,8,12,15H,5,7,9,11H2,1-3H3. The molecule has 0 spiro atoms. The van der Waals surface area contributed by atoms with Crippen LogP contribution in [0.3, 0.4) is 0 Å². The third-order valence-corrected chi connectivity index (χ3v) is 4.81. The molecular weight excluding hydrogens is 322 g/mol. The summed E-state index contributed by atoms with van der Waals surface area (Å²) in [6.45, 7) is 8.00. The van der Waals surface area contributed by atoms with Gasteiger partial charge in [0.2, 0.25) is 0 Å². The highest BCUT2D eigenvalue weighted by Gasteiger charge is 2.33. The van der Waals surface area contributed by atoms with Crippen LogP contribution in [0.1, 0.15) is 49.6 Å². The lowest BCUT2D eigenvalue weighted by molar-refractivity contribution is 0.481. The minimum atomic E-state index is 0.125. The predicted molar refractivity (Wildman–Crippen MR) is 95.1 cm³/mol. The lowest BCUT2D eigenvalue weighted by atomic mass is 10.1. The fourth-order valence-electron chi connectivity index (χ4n) is 3.45. The first kappa shape index (κ1) is 16.8. The van der Waals surface area contributed by atoms with Gasteiger partial charge in [-0.05, 0) is 37.8 Å². The summed E-state index contributed by atoms with van der Waals surface area (Å²) in [5, 5.41) is 14.7. The fraction of sp³-hybridized carbons (Fsp3) is 0.500. The van der Waals surface area contributed by atoms with Crippen LogP contribution in [0.4, 0.5) is 5.82 Å². The van der Waals surface area contributed by atoms with Crippen molar-refractivity contribution in [3.8, 4) is 6.07 Å². The molecule has 126 valence electrons. The molecule has 2 aromatic heterocycles. The van der Waals surface area contributed by atoms with Crippen LogP contribution in [0, 0.1) is 24.2 Å². The van der Waals surface area contributed by atoms with E-state index in [4.69, 9.17) is 11.6 Å². The summed E-state index contributed by atoms with van der Waals surface area (Å²) < 4.78 is 1.90. The molecule has 5 nitrogen and oxygen atoms in total. The smallest absolute Gasteiger partial charge is 0.146 e. The van der Waals surface area contributed by atoms with Crippen LogP contribution in [0.25, 0.3) is 0 Å². The molecular formula is C18H22ClN5. The maximum Gasteiger partial charge on any atom is 0.146 e. The summed E-state index contributed by atoms with van der Waals surface area (Å²) >= 11 is 6.67. The highest BCUT2D eigenvalue weighted by molar-refractivity contribution is 6.30. The molecule has 1 aliphatic rings.